The highest BCUT2D eigenvalue weighted by molar-refractivity contribution is 6.14. The predicted molar refractivity (Wildman–Crippen MR) is 95.8 cm³/mol. The van der Waals surface area contributed by atoms with E-state index in [-0.39, 0.29) is 22.8 Å². The second-order valence-corrected chi connectivity index (χ2v) is 5.97. The molecule has 2 heterocycles. The van der Waals surface area contributed by atoms with Crippen LogP contribution in [0.25, 0.3) is 0 Å². The molecule has 3 aromatic rings. The number of tetrazole rings is 1. The van der Waals surface area contributed by atoms with Gasteiger partial charge in [0.25, 0.3) is 0 Å². The summed E-state index contributed by atoms with van der Waals surface area (Å²) in [5.41, 5.74) is 0.339. The molecular formula is C19H14FN5O3. The van der Waals surface area contributed by atoms with E-state index in [1.807, 2.05) is 0 Å². The van der Waals surface area contributed by atoms with Crippen LogP contribution < -0.4 is 5.32 Å². The quantitative estimate of drug-likeness (QED) is 0.548. The Balaban J connectivity index is 1.99. The zero-order valence-electron chi connectivity index (χ0n) is 14.7. The molecule has 0 fully saturated rings. The molecule has 8 nitrogen and oxygen atoms in total. The maximum Gasteiger partial charge on any atom is 0.355 e. The number of fused-ring (bicyclic) bond motifs is 1. The Morgan fingerprint density at radius 1 is 1.11 bits per heavy atom. The summed E-state index contributed by atoms with van der Waals surface area (Å²) >= 11 is 0. The van der Waals surface area contributed by atoms with E-state index >= 15 is 0 Å². The first-order valence-electron chi connectivity index (χ1n) is 8.33. The van der Waals surface area contributed by atoms with Gasteiger partial charge < -0.3 is 10.1 Å². The van der Waals surface area contributed by atoms with Crippen molar-refractivity contribution in [1.29, 1.82) is 0 Å². The van der Waals surface area contributed by atoms with Gasteiger partial charge in [-0.2, -0.15) is 4.68 Å². The maximum atomic E-state index is 14.7. The Kier molecular flexibility index (Phi) is 4.40. The number of carbonyl (C=O) groups is 2. The van der Waals surface area contributed by atoms with Gasteiger partial charge >= 0.3 is 5.97 Å². The van der Waals surface area contributed by atoms with E-state index in [1.165, 1.54) is 30.0 Å². The number of anilines is 1. The highest BCUT2D eigenvalue weighted by Gasteiger charge is 2.39. The number of allylic oxidation sites excluding steroid dienone is 1. The van der Waals surface area contributed by atoms with Crippen LogP contribution in [0.15, 0.2) is 65.9 Å². The van der Waals surface area contributed by atoms with E-state index in [1.54, 1.807) is 36.4 Å². The van der Waals surface area contributed by atoms with Gasteiger partial charge in [0.15, 0.2) is 5.78 Å². The van der Waals surface area contributed by atoms with Crippen LogP contribution in [0.2, 0.25) is 0 Å². The van der Waals surface area contributed by atoms with E-state index in [9.17, 15) is 14.0 Å². The summed E-state index contributed by atoms with van der Waals surface area (Å²) in [4.78, 5) is 25.8. The van der Waals surface area contributed by atoms with Crippen LogP contribution in [-0.4, -0.2) is 39.1 Å². The highest BCUT2D eigenvalue weighted by atomic mass is 19.1. The molecule has 0 spiro atoms. The van der Waals surface area contributed by atoms with Gasteiger partial charge in [-0.3, -0.25) is 4.79 Å². The molecule has 0 amide bonds. The van der Waals surface area contributed by atoms with E-state index < -0.39 is 23.6 Å². The number of nitrogens with one attached hydrogen (secondary N) is 1. The Morgan fingerprint density at radius 3 is 2.54 bits per heavy atom. The van der Waals surface area contributed by atoms with Crippen LogP contribution in [0.5, 0.6) is 0 Å². The van der Waals surface area contributed by atoms with Crippen molar-refractivity contribution < 1.29 is 18.7 Å². The third-order valence-electron chi connectivity index (χ3n) is 4.39. The number of hydrogen-bond donors (Lipinski definition) is 1. The second kappa shape index (κ2) is 7.03. The molecule has 1 unspecified atom stereocenters. The van der Waals surface area contributed by atoms with Gasteiger partial charge in [0.05, 0.1) is 12.7 Å². The number of ether oxygens (including phenoxy) is 1. The van der Waals surface area contributed by atoms with Crippen LogP contribution in [0.4, 0.5) is 10.3 Å². The largest absolute Gasteiger partial charge is 0.464 e. The Hall–Kier alpha value is -3.88. The summed E-state index contributed by atoms with van der Waals surface area (Å²) in [5.74, 6) is -1.71. The number of esters is 1. The summed E-state index contributed by atoms with van der Waals surface area (Å²) < 4.78 is 20.8. The van der Waals surface area contributed by atoms with E-state index in [2.05, 4.69) is 20.8 Å². The normalized spacial score (nSPS) is 15.6. The zero-order valence-corrected chi connectivity index (χ0v) is 14.7. The Labute approximate surface area is 158 Å². The minimum Gasteiger partial charge on any atom is -0.464 e. The number of Topliss-reactive ketones (excluding diaryl/α,β-unsaturated/α-hetero) is 1. The maximum absolute atomic E-state index is 14.7. The lowest BCUT2D eigenvalue weighted by atomic mass is 9.89. The topological polar surface area (TPSA) is 99.0 Å². The SMILES string of the molecule is COC(=O)C1=C(C(=O)c2ccccc2)C(c2ccccc2F)n2nnnc2N1. The van der Waals surface area contributed by atoms with Crippen molar-refractivity contribution in [1.82, 2.24) is 20.2 Å². The molecule has 1 aliphatic heterocycles. The molecule has 0 saturated heterocycles. The molecule has 140 valence electrons. The molecule has 9 heteroatoms. The smallest absolute Gasteiger partial charge is 0.355 e. The van der Waals surface area contributed by atoms with Crippen LogP contribution in [0, 0.1) is 5.82 Å². The standard InChI is InChI=1S/C19H14FN5O3/c1-28-18(27)15-14(17(26)11-7-3-2-4-8-11)16(12-9-5-6-10-13(12)20)25-19(21-15)22-23-24-25/h2-10,16H,1H3,(H,21,22,24). The third-order valence-corrected chi connectivity index (χ3v) is 4.39. The minimum atomic E-state index is -1.05. The third kappa shape index (κ3) is 2.82. The fourth-order valence-corrected chi connectivity index (χ4v) is 3.12. The average molecular weight is 379 g/mol. The van der Waals surface area contributed by atoms with E-state index in [4.69, 9.17) is 4.74 Å². The lowest BCUT2D eigenvalue weighted by molar-refractivity contribution is -0.136. The minimum absolute atomic E-state index is 0.0112. The zero-order chi connectivity index (χ0) is 19.7. The first kappa shape index (κ1) is 17.5. The first-order chi connectivity index (χ1) is 13.6. The predicted octanol–water partition coefficient (Wildman–Crippen LogP) is 2.14. The molecule has 1 atom stereocenters. The molecule has 4 rings (SSSR count). The Morgan fingerprint density at radius 2 is 1.82 bits per heavy atom. The lowest BCUT2D eigenvalue weighted by Crippen LogP contribution is -2.33. The van der Waals surface area contributed by atoms with Crippen LogP contribution in [-0.2, 0) is 9.53 Å². The molecule has 2 aromatic carbocycles. The van der Waals surface area contributed by atoms with Crippen molar-refractivity contribution in [3.05, 3.63) is 82.8 Å². The van der Waals surface area contributed by atoms with Crippen molar-refractivity contribution >= 4 is 17.7 Å². The molecule has 0 bridgehead atoms. The molecular weight excluding hydrogens is 365 g/mol. The molecule has 28 heavy (non-hydrogen) atoms. The molecule has 1 aromatic heterocycles. The summed E-state index contributed by atoms with van der Waals surface area (Å²) in [6, 6.07) is 13.3. The number of carbonyl (C=O) groups excluding carboxylic acids is 2. The molecule has 0 radical (unpaired) electrons. The van der Waals surface area contributed by atoms with E-state index in [0.29, 0.717) is 5.56 Å². The summed E-state index contributed by atoms with van der Waals surface area (Å²) in [6.45, 7) is 0. The highest BCUT2D eigenvalue weighted by Crippen LogP contribution is 2.37. The van der Waals surface area contributed by atoms with Crippen LogP contribution in [0.3, 0.4) is 0 Å². The van der Waals surface area contributed by atoms with Gasteiger partial charge in [-0.25, -0.2) is 9.18 Å². The number of hydrogen-bond acceptors (Lipinski definition) is 7. The number of benzene rings is 2. The van der Waals surface area contributed by atoms with Gasteiger partial charge in [0.2, 0.25) is 5.95 Å². The number of halogens is 1. The molecule has 0 saturated carbocycles. The van der Waals surface area contributed by atoms with Crippen molar-refractivity contribution in [2.75, 3.05) is 12.4 Å². The van der Waals surface area contributed by atoms with E-state index in [0.717, 1.165) is 0 Å². The number of aromatic nitrogens is 4. The van der Waals surface area contributed by atoms with Gasteiger partial charge in [0.1, 0.15) is 17.6 Å². The van der Waals surface area contributed by atoms with Crippen molar-refractivity contribution in [2.45, 2.75) is 6.04 Å². The number of rotatable bonds is 4. The molecule has 1 aliphatic rings. The first-order valence-corrected chi connectivity index (χ1v) is 8.33. The van der Waals surface area contributed by atoms with Crippen molar-refractivity contribution in [3.8, 4) is 0 Å². The van der Waals surface area contributed by atoms with Gasteiger partial charge in [-0.1, -0.05) is 53.6 Å². The van der Waals surface area contributed by atoms with Crippen molar-refractivity contribution in [2.24, 2.45) is 0 Å². The summed E-state index contributed by atoms with van der Waals surface area (Å²) in [7, 11) is 1.19. The van der Waals surface area contributed by atoms with Crippen LogP contribution >= 0.6 is 0 Å². The lowest BCUT2D eigenvalue weighted by Gasteiger charge is -2.28. The summed E-state index contributed by atoms with van der Waals surface area (Å²) in [6.07, 6.45) is 0. The second-order valence-electron chi connectivity index (χ2n) is 5.97. The van der Waals surface area contributed by atoms with Gasteiger partial charge in [-0.15, -0.1) is 0 Å². The molecule has 1 N–H and O–H groups in total. The molecule has 0 aliphatic carbocycles. The average Bonchev–Trinajstić information content (AvgIpc) is 3.21. The monoisotopic (exact) mass is 379 g/mol. The number of nitrogens with zero attached hydrogens (tertiary/aromatic N) is 4. The Bertz CT molecular complexity index is 1090. The van der Waals surface area contributed by atoms with Crippen LogP contribution in [0.1, 0.15) is 22.0 Å². The van der Waals surface area contributed by atoms with Crippen molar-refractivity contribution in [3.63, 3.8) is 0 Å². The fourth-order valence-electron chi connectivity index (χ4n) is 3.12. The number of methoxy groups -OCH3 is 1. The van der Waals surface area contributed by atoms with Gasteiger partial charge in [0, 0.05) is 11.1 Å². The summed E-state index contributed by atoms with van der Waals surface area (Å²) in [5, 5.41) is 14.0. The van der Waals surface area contributed by atoms with Gasteiger partial charge in [-0.05, 0) is 16.5 Å². The fraction of sp³-hybridized carbons (Fsp3) is 0.105. The number of ketones is 1.